The molecule has 1 aromatic heterocycles. The van der Waals surface area contributed by atoms with Crippen molar-refractivity contribution < 1.29 is 23.0 Å². The van der Waals surface area contributed by atoms with Crippen LogP contribution in [-0.2, 0) is 15.7 Å². The number of alkyl halides is 2. The van der Waals surface area contributed by atoms with Crippen LogP contribution >= 0.6 is 0 Å². The molecule has 0 spiro atoms. The molecule has 0 bridgehead atoms. The van der Waals surface area contributed by atoms with Gasteiger partial charge in [0.15, 0.2) is 0 Å². The first kappa shape index (κ1) is 10.5. The summed E-state index contributed by atoms with van der Waals surface area (Å²) in [5, 5.41) is 0. The summed E-state index contributed by atoms with van der Waals surface area (Å²) >= 11 is 0. The third kappa shape index (κ3) is 1.84. The van der Waals surface area contributed by atoms with Gasteiger partial charge in [-0.3, -0.25) is 4.98 Å². The number of halogens is 3. The molecule has 0 aliphatic carbocycles. The second-order valence-corrected chi connectivity index (χ2v) is 2.66. The van der Waals surface area contributed by atoms with Crippen LogP contribution in [0.1, 0.15) is 11.3 Å². The zero-order chi connectivity index (χ0) is 10.8. The fourth-order valence-corrected chi connectivity index (χ4v) is 0.807. The van der Waals surface area contributed by atoms with Gasteiger partial charge in [-0.15, -0.1) is 0 Å². The molecule has 0 radical (unpaired) electrons. The molecule has 0 saturated heterocycles. The number of hydrogen-bond acceptors (Lipinski definition) is 3. The van der Waals surface area contributed by atoms with Crippen LogP contribution in [0.25, 0.3) is 0 Å². The van der Waals surface area contributed by atoms with Crippen molar-refractivity contribution in [3.63, 3.8) is 0 Å². The van der Waals surface area contributed by atoms with Crippen LogP contribution in [0.3, 0.4) is 0 Å². The van der Waals surface area contributed by atoms with Gasteiger partial charge in [-0.25, -0.2) is 9.74 Å². The third-order valence-corrected chi connectivity index (χ3v) is 1.56. The van der Waals surface area contributed by atoms with Crippen LogP contribution in [0.4, 0.5) is 13.3 Å². The molecule has 0 fully saturated rings. The monoisotopic (exact) mass is 205 g/mol. The Labute approximate surface area is 77.4 Å². The van der Waals surface area contributed by atoms with E-state index < -0.39 is 17.6 Å². The Kier molecular flexibility index (Phi) is 2.73. The average molecular weight is 205 g/mol. The summed E-state index contributed by atoms with van der Waals surface area (Å²) in [6.45, 7) is 1.64. The Morgan fingerprint density at radius 3 is 2.57 bits per heavy atom. The van der Waals surface area contributed by atoms with Gasteiger partial charge in [0.05, 0.1) is 0 Å². The Bertz CT molecular complexity index is 337. The molecule has 1 rings (SSSR count). The Morgan fingerprint density at radius 2 is 2.14 bits per heavy atom. The number of rotatable bonds is 2. The molecule has 3 nitrogen and oxygen atoms in total. The lowest BCUT2D eigenvalue weighted by atomic mass is 10.2. The molecule has 0 aromatic carbocycles. The van der Waals surface area contributed by atoms with Gasteiger partial charge in [-0.05, 0) is 18.6 Å². The number of aromatic nitrogens is 1. The summed E-state index contributed by atoms with van der Waals surface area (Å²) in [6.07, 6.45) is 1.15. The first-order valence-electron chi connectivity index (χ1n) is 3.62. The molecule has 0 N–H and O–H groups in total. The molecule has 76 valence electrons. The van der Waals surface area contributed by atoms with Crippen LogP contribution in [0, 0.1) is 6.92 Å². The topological polar surface area (TPSA) is 39.2 Å². The molecule has 1 aromatic rings. The second-order valence-electron chi connectivity index (χ2n) is 2.66. The van der Waals surface area contributed by atoms with E-state index in [0.29, 0.717) is 5.56 Å². The number of carbonyl (C=O) groups is 1. The maximum atomic E-state index is 12.9. The maximum absolute atomic E-state index is 12.9. The van der Waals surface area contributed by atoms with Gasteiger partial charge in [0.25, 0.3) is 0 Å². The summed E-state index contributed by atoms with van der Waals surface area (Å²) in [4.78, 5) is 16.1. The van der Waals surface area contributed by atoms with E-state index in [4.69, 9.17) is 0 Å². The molecule has 14 heavy (non-hydrogen) atoms. The Balaban J connectivity index is 3.03. The van der Waals surface area contributed by atoms with E-state index in [-0.39, 0.29) is 0 Å². The largest absolute Gasteiger partial charge is 0.424 e. The Morgan fingerprint density at radius 1 is 1.50 bits per heavy atom. The van der Waals surface area contributed by atoms with Crippen molar-refractivity contribution in [2.24, 2.45) is 0 Å². The van der Waals surface area contributed by atoms with Gasteiger partial charge in [0.2, 0.25) is 0 Å². The number of nitrogens with zero attached hydrogens (tertiary/aromatic N) is 1. The SMILES string of the molecule is Cc1ccc(C(F)(F)C(=O)OF)nc1. The highest BCUT2D eigenvalue weighted by molar-refractivity contribution is 5.78. The molecule has 0 aliphatic heterocycles. The predicted octanol–water partition coefficient (Wildman–Crippen LogP) is 1.91. The maximum Gasteiger partial charge on any atom is 0.424 e. The van der Waals surface area contributed by atoms with E-state index in [1.807, 2.05) is 0 Å². The number of aryl methyl sites for hydroxylation is 1. The van der Waals surface area contributed by atoms with Gasteiger partial charge in [0, 0.05) is 10.7 Å². The summed E-state index contributed by atoms with van der Waals surface area (Å²) in [5.41, 5.74) is -0.191. The van der Waals surface area contributed by atoms with Gasteiger partial charge in [-0.1, -0.05) is 6.07 Å². The smallest absolute Gasteiger partial charge is 0.254 e. The van der Waals surface area contributed by atoms with E-state index in [1.54, 1.807) is 6.92 Å². The van der Waals surface area contributed by atoms with Crippen molar-refractivity contribution in [1.82, 2.24) is 4.98 Å². The first-order valence-corrected chi connectivity index (χ1v) is 3.62. The van der Waals surface area contributed by atoms with E-state index >= 15 is 0 Å². The van der Waals surface area contributed by atoms with Gasteiger partial charge in [-0.2, -0.15) is 8.78 Å². The third-order valence-electron chi connectivity index (χ3n) is 1.56. The molecule has 0 saturated carbocycles. The summed E-state index contributed by atoms with van der Waals surface area (Å²) in [6, 6.07) is 2.27. The van der Waals surface area contributed by atoms with Crippen molar-refractivity contribution in [3.8, 4) is 0 Å². The molecular formula is C8H6F3NO2. The first-order chi connectivity index (χ1) is 6.48. The standard InChI is InChI=1S/C8H6F3NO2/c1-5-2-3-6(12-4-5)8(9,10)7(13)14-11/h2-4H,1H3. The minimum atomic E-state index is -4.05. The minimum Gasteiger partial charge on any atom is -0.254 e. The van der Waals surface area contributed by atoms with Crippen LogP contribution in [0.5, 0.6) is 0 Å². The summed E-state index contributed by atoms with van der Waals surface area (Å²) in [5.74, 6) is -6.32. The lowest BCUT2D eigenvalue weighted by Crippen LogP contribution is -2.27. The van der Waals surface area contributed by atoms with Crippen LogP contribution in [0.2, 0.25) is 0 Å². The quantitative estimate of drug-likeness (QED) is 0.740. The van der Waals surface area contributed by atoms with Crippen molar-refractivity contribution in [3.05, 3.63) is 29.6 Å². The molecular weight excluding hydrogens is 199 g/mol. The number of pyridine rings is 1. The van der Waals surface area contributed by atoms with Crippen LogP contribution in [-0.4, -0.2) is 11.0 Å². The van der Waals surface area contributed by atoms with E-state index in [0.717, 1.165) is 12.3 Å². The molecule has 6 heteroatoms. The van der Waals surface area contributed by atoms with E-state index in [9.17, 15) is 18.1 Å². The summed E-state index contributed by atoms with van der Waals surface area (Å²) in [7, 11) is 0. The highest BCUT2D eigenvalue weighted by Crippen LogP contribution is 2.27. The molecule has 0 atom stereocenters. The second kappa shape index (κ2) is 3.65. The Hall–Kier alpha value is -1.59. The molecule has 1 heterocycles. The minimum absolute atomic E-state index is 0.651. The lowest BCUT2D eigenvalue weighted by molar-refractivity contribution is -0.213. The van der Waals surface area contributed by atoms with Crippen LogP contribution in [0.15, 0.2) is 18.3 Å². The predicted molar refractivity (Wildman–Crippen MR) is 40.1 cm³/mol. The van der Waals surface area contributed by atoms with E-state index in [1.165, 1.54) is 6.07 Å². The van der Waals surface area contributed by atoms with Gasteiger partial charge in [0.1, 0.15) is 5.69 Å². The highest BCUT2D eigenvalue weighted by atomic mass is 19.3. The van der Waals surface area contributed by atoms with Crippen molar-refractivity contribution >= 4 is 5.97 Å². The van der Waals surface area contributed by atoms with E-state index in [2.05, 4.69) is 9.93 Å². The zero-order valence-electron chi connectivity index (χ0n) is 7.13. The zero-order valence-corrected chi connectivity index (χ0v) is 7.13. The summed E-state index contributed by atoms with van der Waals surface area (Å²) < 4.78 is 37.1. The fraction of sp³-hybridized carbons (Fsp3) is 0.250. The highest BCUT2D eigenvalue weighted by Gasteiger charge is 2.45. The number of carbonyl (C=O) groups excluding carboxylic acids is 1. The van der Waals surface area contributed by atoms with Gasteiger partial charge >= 0.3 is 11.9 Å². The fourth-order valence-electron chi connectivity index (χ4n) is 0.807. The molecule has 0 amide bonds. The van der Waals surface area contributed by atoms with Crippen molar-refractivity contribution in [2.75, 3.05) is 0 Å². The van der Waals surface area contributed by atoms with Crippen molar-refractivity contribution in [1.29, 1.82) is 0 Å². The lowest BCUT2D eigenvalue weighted by Gasteiger charge is -2.10. The molecule has 0 unspecified atom stereocenters. The van der Waals surface area contributed by atoms with Crippen molar-refractivity contribution in [2.45, 2.75) is 12.8 Å². The normalized spacial score (nSPS) is 11.1. The molecule has 0 aliphatic rings. The van der Waals surface area contributed by atoms with Gasteiger partial charge < -0.3 is 0 Å². The average Bonchev–Trinajstić information content (AvgIpc) is 2.17. The number of hydrogen-bond donors (Lipinski definition) is 0. The van der Waals surface area contributed by atoms with Crippen LogP contribution < -0.4 is 0 Å².